The molecule has 0 unspecified atom stereocenters. The number of rotatable bonds is 5. The quantitative estimate of drug-likeness (QED) is 0.170. The van der Waals surface area contributed by atoms with Gasteiger partial charge in [-0.3, -0.25) is 0 Å². The van der Waals surface area contributed by atoms with E-state index >= 15 is 0 Å². The molecule has 0 saturated heterocycles. The van der Waals surface area contributed by atoms with Crippen LogP contribution >= 0.6 is 0 Å². The largest absolute Gasteiger partial charge is 0.456 e. The fourth-order valence-electron chi connectivity index (χ4n) is 8.31. The summed E-state index contributed by atoms with van der Waals surface area (Å²) in [7, 11) is 0. The molecular weight excluding hydrogens is 647 g/mol. The Bertz CT molecular complexity index is 3120. The minimum absolute atomic E-state index is 0.844. The van der Waals surface area contributed by atoms with Crippen LogP contribution in [0.5, 0.6) is 0 Å². The number of furan rings is 2. The number of hydrogen-bond acceptors (Lipinski definition) is 3. The summed E-state index contributed by atoms with van der Waals surface area (Å²) in [5, 5.41) is 9.23. The minimum atomic E-state index is 0.844. The molecule has 0 saturated carbocycles. The fraction of sp³-hybridized carbons (Fsp3) is 0. The Morgan fingerprint density at radius 2 is 0.906 bits per heavy atom. The van der Waals surface area contributed by atoms with E-state index < -0.39 is 0 Å². The third-order valence-electron chi connectivity index (χ3n) is 10.6. The van der Waals surface area contributed by atoms with Crippen molar-refractivity contribution in [2.24, 2.45) is 0 Å². The molecule has 11 aromatic rings. The van der Waals surface area contributed by atoms with Gasteiger partial charge in [0.05, 0.1) is 0 Å². The van der Waals surface area contributed by atoms with Crippen LogP contribution in [-0.2, 0) is 0 Å². The molecule has 3 nitrogen and oxygen atoms in total. The second-order valence-corrected chi connectivity index (χ2v) is 13.6. The highest BCUT2D eigenvalue weighted by Crippen LogP contribution is 2.48. The van der Waals surface area contributed by atoms with Crippen LogP contribution in [0.25, 0.3) is 87.7 Å². The van der Waals surface area contributed by atoms with E-state index in [-0.39, 0.29) is 0 Å². The molecule has 11 rings (SSSR count). The van der Waals surface area contributed by atoms with Crippen LogP contribution in [0, 0.1) is 0 Å². The van der Waals surface area contributed by atoms with Gasteiger partial charge in [-0.1, -0.05) is 121 Å². The van der Waals surface area contributed by atoms with Crippen molar-refractivity contribution < 1.29 is 8.83 Å². The molecule has 0 aliphatic carbocycles. The number of hydrogen-bond donors (Lipinski definition) is 0. The Morgan fingerprint density at radius 1 is 0.340 bits per heavy atom. The maximum atomic E-state index is 6.99. The molecule has 53 heavy (non-hydrogen) atoms. The summed E-state index contributed by atoms with van der Waals surface area (Å²) in [6.07, 6.45) is 0. The van der Waals surface area contributed by atoms with E-state index in [0.29, 0.717) is 0 Å². The maximum absolute atomic E-state index is 6.99. The third-order valence-corrected chi connectivity index (χ3v) is 10.6. The first kappa shape index (κ1) is 29.6. The lowest BCUT2D eigenvalue weighted by molar-refractivity contribution is 0.663. The normalized spacial score (nSPS) is 11.8. The summed E-state index contributed by atoms with van der Waals surface area (Å²) >= 11 is 0. The molecular formula is C50H31NO2. The van der Waals surface area contributed by atoms with E-state index in [0.717, 1.165) is 77.6 Å². The molecule has 0 bridgehead atoms. The lowest BCUT2D eigenvalue weighted by atomic mass is 9.87. The minimum Gasteiger partial charge on any atom is -0.456 e. The van der Waals surface area contributed by atoms with E-state index in [1.54, 1.807) is 0 Å². The van der Waals surface area contributed by atoms with Gasteiger partial charge in [-0.25, -0.2) is 0 Å². The number of nitrogens with zero attached hydrogens (tertiary/aromatic N) is 1. The molecule has 0 spiro atoms. The predicted octanol–water partition coefficient (Wildman–Crippen LogP) is 14.6. The number of benzene rings is 9. The average molecular weight is 678 g/mol. The summed E-state index contributed by atoms with van der Waals surface area (Å²) in [4.78, 5) is 2.30. The number of fused-ring (bicyclic) bond motifs is 10. The molecule has 9 aromatic carbocycles. The summed E-state index contributed by atoms with van der Waals surface area (Å²) in [5.74, 6) is 0. The van der Waals surface area contributed by atoms with Crippen molar-refractivity contribution in [1.82, 2.24) is 0 Å². The maximum Gasteiger partial charge on any atom is 0.143 e. The summed E-state index contributed by atoms with van der Waals surface area (Å²) < 4.78 is 13.3. The number of para-hydroxylation sites is 3. The van der Waals surface area contributed by atoms with Crippen LogP contribution in [0.3, 0.4) is 0 Å². The van der Waals surface area contributed by atoms with Gasteiger partial charge >= 0.3 is 0 Å². The van der Waals surface area contributed by atoms with Gasteiger partial charge in [-0.15, -0.1) is 0 Å². The topological polar surface area (TPSA) is 29.5 Å². The van der Waals surface area contributed by atoms with Crippen molar-refractivity contribution in [2.75, 3.05) is 4.90 Å². The van der Waals surface area contributed by atoms with Crippen LogP contribution in [0.15, 0.2) is 197 Å². The van der Waals surface area contributed by atoms with Gasteiger partial charge in [0.1, 0.15) is 22.3 Å². The highest BCUT2D eigenvalue weighted by molar-refractivity contribution is 6.28. The van der Waals surface area contributed by atoms with Gasteiger partial charge < -0.3 is 13.7 Å². The van der Waals surface area contributed by atoms with Gasteiger partial charge in [0.15, 0.2) is 0 Å². The molecule has 0 fully saturated rings. The average Bonchev–Trinajstić information content (AvgIpc) is 3.80. The smallest absolute Gasteiger partial charge is 0.143 e. The predicted molar refractivity (Wildman–Crippen MR) is 222 cm³/mol. The Balaban J connectivity index is 1.20. The lowest BCUT2D eigenvalue weighted by Crippen LogP contribution is -2.09. The van der Waals surface area contributed by atoms with Gasteiger partial charge in [0.25, 0.3) is 0 Å². The zero-order valence-electron chi connectivity index (χ0n) is 28.7. The van der Waals surface area contributed by atoms with Crippen molar-refractivity contribution in [3.63, 3.8) is 0 Å². The van der Waals surface area contributed by atoms with Crippen LogP contribution in [0.4, 0.5) is 17.1 Å². The van der Waals surface area contributed by atoms with Gasteiger partial charge in [0, 0.05) is 44.2 Å². The first-order chi connectivity index (χ1) is 26.3. The van der Waals surface area contributed by atoms with E-state index in [4.69, 9.17) is 8.83 Å². The first-order valence-corrected chi connectivity index (χ1v) is 18.0. The molecule has 0 atom stereocenters. The molecule has 0 aliphatic rings. The molecule has 0 amide bonds. The van der Waals surface area contributed by atoms with Crippen molar-refractivity contribution in [3.05, 3.63) is 188 Å². The Morgan fingerprint density at radius 3 is 1.64 bits per heavy atom. The van der Waals surface area contributed by atoms with Crippen molar-refractivity contribution in [1.29, 1.82) is 0 Å². The second kappa shape index (κ2) is 11.7. The van der Waals surface area contributed by atoms with Gasteiger partial charge in [-0.2, -0.15) is 0 Å². The number of anilines is 3. The molecule has 2 aromatic heterocycles. The summed E-state index contributed by atoms with van der Waals surface area (Å²) in [6, 6.07) is 66.6. The van der Waals surface area contributed by atoms with Crippen molar-refractivity contribution in [2.45, 2.75) is 0 Å². The highest BCUT2D eigenvalue weighted by atomic mass is 16.3. The zero-order chi connectivity index (χ0) is 34.9. The molecule has 248 valence electrons. The van der Waals surface area contributed by atoms with Crippen LogP contribution in [0.1, 0.15) is 0 Å². The Labute approximate surface area is 305 Å². The molecule has 0 radical (unpaired) electrons. The van der Waals surface area contributed by atoms with Crippen LogP contribution in [-0.4, -0.2) is 0 Å². The van der Waals surface area contributed by atoms with Crippen LogP contribution in [0.2, 0.25) is 0 Å². The second-order valence-electron chi connectivity index (χ2n) is 13.6. The van der Waals surface area contributed by atoms with Gasteiger partial charge in [-0.05, 0) is 105 Å². The van der Waals surface area contributed by atoms with E-state index in [1.165, 1.54) is 27.1 Å². The third kappa shape index (κ3) is 4.61. The van der Waals surface area contributed by atoms with E-state index in [1.807, 2.05) is 18.2 Å². The molecule has 3 heteroatoms. The van der Waals surface area contributed by atoms with Gasteiger partial charge in [0.2, 0.25) is 0 Å². The standard InChI is InChI=1S/C50H31NO2/c1-3-14-34(15-4-1)51(35-16-5-2-6-17-35)36-25-23-32(24-26-36)47-40(43-31-33-13-7-8-18-37(33)38-19-9-10-20-39(38)43)27-28-42-49-46(53-50(42)47)30-29-45-48(49)41-21-11-12-22-44(41)52-45/h1-31H. The van der Waals surface area contributed by atoms with E-state index in [2.05, 4.69) is 175 Å². The van der Waals surface area contributed by atoms with Crippen molar-refractivity contribution in [3.8, 4) is 22.3 Å². The van der Waals surface area contributed by atoms with E-state index in [9.17, 15) is 0 Å². The summed E-state index contributed by atoms with van der Waals surface area (Å²) in [6.45, 7) is 0. The lowest BCUT2D eigenvalue weighted by Gasteiger charge is -2.25. The van der Waals surface area contributed by atoms with Crippen LogP contribution < -0.4 is 4.90 Å². The van der Waals surface area contributed by atoms with Crippen molar-refractivity contribution >= 4 is 82.5 Å². The zero-order valence-corrected chi connectivity index (χ0v) is 28.7. The summed E-state index contributed by atoms with van der Waals surface area (Å²) in [5.41, 5.74) is 11.2. The first-order valence-electron chi connectivity index (χ1n) is 18.0. The Hall–Kier alpha value is -7.10. The molecule has 0 N–H and O–H groups in total. The Kier molecular flexibility index (Phi) is 6.55. The SMILES string of the molecule is c1ccc(N(c2ccccc2)c2ccc(-c3c(-c4cc5ccccc5c5ccccc45)ccc4c3oc3ccc5oc6ccccc6c5c34)cc2)cc1. The highest BCUT2D eigenvalue weighted by Gasteiger charge is 2.23. The fourth-order valence-corrected chi connectivity index (χ4v) is 8.31. The monoisotopic (exact) mass is 677 g/mol. The molecule has 0 aliphatic heterocycles. The molecule has 2 heterocycles.